The molecule has 0 heterocycles. The fourth-order valence-corrected chi connectivity index (χ4v) is 2.27. The van der Waals surface area contributed by atoms with Gasteiger partial charge in [-0.05, 0) is 46.7 Å². The number of amides is 1. The Kier molecular flexibility index (Phi) is 6.63. The number of nitrogens with zero attached hydrogens (tertiary/aromatic N) is 1. The molecule has 3 nitrogen and oxygen atoms in total. The van der Waals surface area contributed by atoms with E-state index >= 15 is 0 Å². The van der Waals surface area contributed by atoms with Crippen LogP contribution in [0, 0.1) is 9.49 Å². The molecule has 1 rings (SSSR count). The van der Waals surface area contributed by atoms with E-state index in [1.54, 1.807) is 7.11 Å². The van der Waals surface area contributed by atoms with E-state index < -0.39 is 0 Å². The van der Waals surface area contributed by atoms with Crippen molar-refractivity contribution < 1.29 is 9.53 Å². The number of benzene rings is 1. The monoisotopic (exact) mass is 361 g/mol. The van der Waals surface area contributed by atoms with Gasteiger partial charge in [0.1, 0.15) is 0 Å². The molecule has 0 unspecified atom stereocenters. The van der Waals surface area contributed by atoms with Gasteiger partial charge in [0, 0.05) is 29.3 Å². The summed E-state index contributed by atoms with van der Waals surface area (Å²) in [4.78, 5) is 14.3. The molecule has 0 aliphatic heterocycles. The van der Waals surface area contributed by atoms with Crippen molar-refractivity contribution in [1.29, 1.82) is 0 Å². The van der Waals surface area contributed by atoms with Gasteiger partial charge in [0.05, 0.1) is 6.61 Å². The van der Waals surface area contributed by atoms with Gasteiger partial charge >= 0.3 is 0 Å². The minimum Gasteiger partial charge on any atom is -0.383 e. The van der Waals surface area contributed by atoms with Crippen molar-refractivity contribution in [2.75, 3.05) is 26.8 Å². The highest BCUT2D eigenvalue weighted by molar-refractivity contribution is 14.1. The highest BCUT2D eigenvalue weighted by atomic mass is 127. The van der Waals surface area contributed by atoms with Crippen LogP contribution in [0.1, 0.15) is 24.2 Å². The zero-order chi connectivity index (χ0) is 13.5. The summed E-state index contributed by atoms with van der Waals surface area (Å²) in [6, 6.07) is 7.69. The van der Waals surface area contributed by atoms with Crippen LogP contribution in [0.25, 0.3) is 0 Å². The topological polar surface area (TPSA) is 29.5 Å². The SMILES string of the molecule is COCCN(CC(C)C)C(=O)c1cccc(I)c1. The second kappa shape index (κ2) is 7.74. The molecule has 4 heteroatoms. The smallest absolute Gasteiger partial charge is 0.253 e. The Morgan fingerprint density at radius 1 is 1.44 bits per heavy atom. The lowest BCUT2D eigenvalue weighted by Gasteiger charge is -2.24. The van der Waals surface area contributed by atoms with Crippen LogP contribution >= 0.6 is 22.6 Å². The number of halogens is 1. The van der Waals surface area contributed by atoms with Crippen molar-refractivity contribution in [3.8, 4) is 0 Å². The first kappa shape index (κ1) is 15.4. The Labute approximate surface area is 123 Å². The number of carbonyl (C=O) groups excluding carboxylic acids is 1. The molecule has 0 aliphatic rings. The molecule has 0 N–H and O–H groups in total. The fourth-order valence-electron chi connectivity index (χ4n) is 1.72. The molecule has 100 valence electrons. The van der Waals surface area contributed by atoms with Crippen molar-refractivity contribution in [1.82, 2.24) is 4.90 Å². The normalized spacial score (nSPS) is 10.7. The molecule has 0 aromatic heterocycles. The minimum atomic E-state index is 0.0827. The fraction of sp³-hybridized carbons (Fsp3) is 0.500. The largest absolute Gasteiger partial charge is 0.383 e. The van der Waals surface area contributed by atoms with Crippen molar-refractivity contribution in [3.63, 3.8) is 0 Å². The highest BCUT2D eigenvalue weighted by Crippen LogP contribution is 2.11. The summed E-state index contributed by atoms with van der Waals surface area (Å²) < 4.78 is 6.15. The number of carbonyl (C=O) groups is 1. The molecule has 0 saturated carbocycles. The predicted molar refractivity (Wildman–Crippen MR) is 81.8 cm³/mol. The van der Waals surface area contributed by atoms with E-state index in [-0.39, 0.29) is 5.91 Å². The van der Waals surface area contributed by atoms with Crippen LogP contribution < -0.4 is 0 Å². The van der Waals surface area contributed by atoms with Gasteiger partial charge in [0.2, 0.25) is 0 Å². The molecule has 0 atom stereocenters. The molecule has 0 bridgehead atoms. The van der Waals surface area contributed by atoms with Crippen LogP contribution in [0.3, 0.4) is 0 Å². The standard InChI is InChI=1S/C14H20INO2/c1-11(2)10-16(7-8-18-3)14(17)12-5-4-6-13(15)9-12/h4-6,9,11H,7-8,10H2,1-3H3. The van der Waals surface area contributed by atoms with Gasteiger partial charge in [-0.25, -0.2) is 0 Å². The average Bonchev–Trinajstić information content (AvgIpc) is 2.33. The summed E-state index contributed by atoms with van der Waals surface area (Å²) in [5, 5.41) is 0. The molecule has 1 aromatic rings. The lowest BCUT2D eigenvalue weighted by molar-refractivity contribution is 0.0672. The molecule has 0 aliphatic carbocycles. The molecule has 18 heavy (non-hydrogen) atoms. The summed E-state index contributed by atoms with van der Waals surface area (Å²) in [6.45, 7) is 6.19. The van der Waals surface area contributed by atoms with Gasteiger partial charge in [-0.1, -0.05) is 19.9 Å². The summed E-state index contributed by atoms with van der Waals surface area (Å²) in [7, 11) is 1.66. The third-order valence-corrected chi connectivity index (χ3v) is 3.18. The number of rotatable bonds is 6. The number of hydrogen-bond acceptors (Lipinski definition) is 2. The highest BCUT2D eigenvalue weighted by Gasteiger charge is 2.16. The van der Waals surface area contributed by atoms with E-state index in [9.17, 15) is 4.79 Å². The maximum absolute atomic E-state index is 12.4. The first-order valence-corrected chi connectivity index (χ1v) is 7.16. The van der Waals surface area contributed by atoms with Crippen LogP contribution in [-0.2, 0) is 4.74 Å². The van der Waals surface area contributed by atoms with E-state index in [4.69, 9.17) is 4.74 Å². The van der Waals surface area contributed by atoms with Gasteiger partial charge in [-0.3, -0.25) is 4.79 Å². The lowest BCUT2D eigenvalue weighted by atomic mass is 10.1. The predicted octanol–water partition coefficient (Wildman–Crippen LogP) is 3.04. The molecule has 1 aromatic carbocycles. The zero-order valence-electron chi connectivity index (χ0n) is 11.1. The number of hydrogen-bond donors (Lipinski definition) is 0. The molecule has 0 spiro atoms. The second-order valence-corrected chi connectivity index (χ2v) is 5.89. The van der Waals surface area contributed by atoms with Gasteiger partial charge in [-0.15, -0.1) is 0 Å². The van der Waals surface area contributed by atoms with Crippen molar-refractivity contribution in [2.45, 2.75) is 13.8 Å². The van der Waals surface area contributed by atoms with Crippen LogP contribution in [0.4, 0.5) is 0 Å². The number of ether oxygens (including phenoxy) is 1. The van der Waals surface area contributed by atoms with E-state index in [2.05, 4.69) is 36.4 Å². The first-order valence-electron chi connectivity index (χ1n) is 6.08. The Morgan fingerprint density at radius 2 is 2.17 bits per heavy atom. The summed E-state index contributed by atoms with van der Waals surface area (Å²) in [5.74, 6) is 0.535. The summed E-state index contributed by atoms with van der Waals surface area (Å²) in [6.07, 6.45) is 0. The van der Waals surface area contributed by atoms with Gasteiger partial charge in [-0.2, -0.15) is 0 Å². The van der Waals surface area contributed by atoms with E-state index in [0.717, 1.165) is 15.7 Å². The summed E-state index contributed by atoms with van der Waals surface area (Å²) in [5.41, 5.74) is 0.749. The second-order valence-electron chi connectivity index (χ2n) is 4.65. The lowest BCUT2D eigenvalue weighted by Crippen LogP contribution is -2.36. The first-order chi connectivity index (χ1) is 8.54. The third kappa shape index (κ3) is 4.94. The quantitative estimate of drug-likeness (QED) is 0.729. The molecular formula is C14H20INO2. The van der Waals surface area contributed by atoms with Crippen LogP contribution in [0.15, 0.2) is 24.3 Å². The molecule has 0 saturated heterocycles. The van der Waals surface area contributed by atoms with Crippen molar-refractivity contribution >= 4 is 28.5 Å². The van der Waals surface area contributed by atoms with Gasteiger partial charge < -0.3 is 9.64 Å². The van der Waals surface area contributed by atoms with Crippen LogP contribution in [0.5, 0.6) is 0 Å². The van der Waals surface area contributed by atoms with Crippen molar-refractivity contribution in [2.24, 2.45) is 5.92 Å². The van der Waals surface area contributed by atoms with E-state index in [1.165, 1.54) is 0 Å². The summed E-state index contributed by atoms with van der Waals surface area (Å²) >= 11 is 2.22. The Hall–Kier alpha value is -0.620. The van der Waals surface area contributed by atoms with Gasteiger partial charge in [0.15, 0.2) is 0 Å². The molecule has 0 radical (unpaired) electrons. The van der Waals surface area contributed by atoms with Crippen LogP contribution in [0.2, 0.25) is 0 Å². The van der Waals surface area contributed by atoms with Crippen molar-refractivity contribution in [3.05, 3.63) is 33.4 Å². The number of methoxy groups -OCH3 is 1. The van der Waals surface area contributed by atoms with E-state index in [1.807, 2.05) is 29.2 Å². The third-order valence-electron chi connectivity index (χ3n) is 2.51. The zero-order valence-corrected chi connectivity index (χ0v) is 13.3. The Balaban J connectivity index is 2.80. The maximum atomic E-state index is 12.4. The molecule has 0 fully saturated rings. The van der Waals surface area contributed by atoms with Gasteiger partial charge in [0.25, 0.3) is 5.91 Å². The van der Waals surface area contributed by atoms with Crippen LogP contribution in [-0.4, -0.2) is 37.6 Å². The average molecular weight is 361 g/mol. The molecule has 1 amide bonds. The maximum Gasteiger partial charge on any atom is 0.253 e. The van der Waals surface area contributed by atoms with E-state index in [0.29, 0.717) is 19.1 Å². The Morgan fingerprint density at radius 3 is 2.72 bits per heavy atom. The Bertz CT molecular complexity index is 393. The minimum absolute atomic E-state index is 0.0827. The molecular weight excluding hydrogens is 341 g/mol.